The minimum Gasteiger partial charge on any atom is -0.385 e. The molecule has 0 aliphatic heterocycles. The zero-order valence-corrected chi connectivity index (χ0v) is 8.20. The van der Waals surface area contributed by atoms with Crippen LogP contribution in [0.3, 0.4) is 0 Å². The molecule has 0 radical (unpaired) electrons. The lowest BCUT2D eigenvalue weighted by Gasteiger charge is -2.09. The van der Waals surface area contributed by atoms with Crippen LogP contribution in [0.2, 0.25) is 0 Å². The SMILES string of the molecule is CSc1ccc(C2(O)CC2)c(F)c1. The van der Waals surface area contributed by atoms with Crippen LogP contribution in [0, 0.1) is 5.82 Å². The van der Waals surface area contributed by atoms with Gasteiger partial charge < -0.3 is 5.11 Å². The summed E-state index contributed by atoms with van der Waals surface area (Å²) in [5, 5.41) is 9.70. The van der Waals surface area contributed by atoms with Crippen LogP contribution in [-0.4, -0.2) is 11.4 Å². The number of aliphatic hydroxyl groups is 1. The lowest BCUT2D eigenvalue weighted by Crippen LogP contribution is -2.06. The van der Waals surface area contributed by atoms with Gasteiger partial charge in [0.05, 0.1) is 5.60 Å². The van der Waals surface area contributed by atoms with Crippen molar-refractivity contribution in [2.75, 3.05) is 6.26 Å². The molecule has 0 heterocycles. The van der Waals surface area contributed by atoms with Crippen molar-refractivity contribution in [3.8, 4) is 0 Å². The maximum atomic E-state index is 13.4. The summed E-state index contributed by atoms with van der Waals surface area (Å²) in [6, 6.07) is 5.02. The smallest absolute Gasteiger partial charge is 0.130 e. The highest BCUT2D eigenvalue weighted by atomic mass is 32.2. The average Bonchev–Trinajstić information content (AvgIpc) is 2.84. The molecule has 70 valence electrons. The predicted octanol–water partition coefficient (Wildman–Crippen LogP) is 2.53. The summed E-state index contributed by atoms with van der Waals surface area (Å²) < 4.78 is 13.4. The molecule has 0 amide bonds. The first kappa shape index (κ1) is 9.03. The van der Waals surface area contributed by atoms with Gasteiger partial charge in [-0.05, 0) is 31.2 Å². The van der Waals surface area contributed by atoms with Crippen molar-refractivity contribution in [1.29, 1.82) is 0 Å². The monoisotopic (exact) mass is 198 g/mol. The summed E-state index contributed by atoms with van der Waals surface area (Å²) in [6.45, 7) is 0. The van der Waals surface area contributed by atoms with Gasteiger partial charge in [-0.15, -0.1) is 11.8 Å². The lowest BCUT2D eigenvalue weighted by atomic mass is 10.1. The molecule has 0 unspecified atom stereocenters. The van der Waals surface area contributed by atoms with E-state index in [0.717, 1.165) is 4.90 Å². The molecule has 0 bridgehead atoms. The Bertz CT molecular complexity index is 334. The first-order chi connectivity index (χ1) is 6.15. The van der Waals surface area contributed by atoms with E-state index >= 15 is 0 Å². The van der Waals surface area contributed by atoms with Crippen molar-refractivity contribution in [1.82, 2.24) is 0 Å². The van der Waals surface area contributed by atoms with Crippen molar-refractivity contribution >= 4 is 11.8 Å². The number of hydrogen-bond acceptors (Lipinski definition) is 2. The van der Waals surface area contributed by atoms with Gasteiger partial charge in [0.15, 0.2) is 0 Å². The van der Waals surface area contributed by atoms with Crippen LogP contribution in [-0.2, 0) is 5.60 Å². The van der Waals surface area contributed by atoms with Crippen LogP contribution in [0.15, 0.2) is 23.1 Å². The molecule has 0 aromatic heterocycles. The van der Waals surface area contributed by atoms with E-state index < -0.39 is 5.60 Å². The summed E-state index contributed by atoms with van der Waals surface area (Å²) in [5.74, 6) is -0.285. The second-order valence-electron chi connectivity index (χ2n) is 3.38. The van der Waals surface area contributed by atoms with Crippen LogP contribution >= 0.6 is 11.8 Å². The van der Waals surface area contributed by atoms with Gasteiger partial charge in [0.2, 0.25) is 0 Å². The Balaban J connectivity index is 2.38. The molecular formula is C10H11FOS. The number of hydrogen-bond donors (Lipinski definition) is 1. The van der Waals surface area contributed by atoms with Crippen LogP contribution in [0.4, 0.5) is 4.39 Å². The molecule has 1 N–H and O–H groups in total. The third-order valence-corrected chi connectivity index (χ3v) is 3.13. The van der Waals surface area contributed by atoms with Crippen molar-refractivity contribution in [2.24, 2.45) is 0 Å². The minimum atomic E-state index is -0.860. The second kappa shape index (κ2) is 3.00. The minimum absolute atomic E-state index is 0.285. The topological polar surface area (TPSA) is 20.2 Å². The highest BCUT2D eigenvalue weighted by Gasteiger charge is 2.43. The molecule has 2 rings (SSSR count). The van der Waals surface area contributed by atoms with Crippen molar-refractivity contribution in [2.45, 2.75) is 23.3 Å². The predicted molar refractivity (Wildman–Crippen MR) is 51.3 cm³/mol. The zero-order valence-electron chi connectivity index (χ0n) is 7.38. The van der Waals surface area contributed by atoms with E-state index in [9.17, 15) is 9.50 Å². The van der Waals surface area contributed by atoms with E-state index in [0.29, 0.717) is 18.4 Å². The van der Waals surface area contributed by atoms with Gasteiger partial charge in [0.25, 0.3) is 0 Å². The number of rotatable bonds is 2. The van der Waals surface area contributed by atoms with Crippen LogP contribution in [0.25, 0.3) is 0 Å². The Labute approximate surface area is 81.0 Å². The van der Waals surface area contributed by atoms with Gasteiger partial charge in [-0.2, -0.15) is 0 Å². The molecule has 1 fully saturated rings. The standard InChI is InChI=1S/C10H11FOS/c1-13-7-2-3-8(9(11)6-7)10(12)4-5-10/h2-3,6,12H,4-5H2,1H3. The molecule has 0 atom stereocenters. The third kappa shape index (κ3) is 1.58. The Morgan fingerprint density at radius 2 is 2.15 bits per heavy atom. The second-order valence-corrected chi connectivity index (χ2v) is 4.26. The molecule has 0 saturated heterocycles. The fourth-order valence-electron chi connectivity index (χ4n) is 1.39. The van der Waals surface area contributed by atoms with E-state index in [1.165, 1.54) is 17.8 Å². The van der Waals surface area contributed by atoms with Gasteiger partial charge in [-0.1, -0.05) is 6.07 Å². The fourth-order valence-corrected chi connectivity index (χ4v) is 1.81. The Morgan fingerprint density at radius 3 is 2.62 bits per heavy atom. The van der Waals surface area contributed by atoms with Gasteiger partial charge in [0, 0.05) is 10.5 Å². The largest absolute Gasteiger partial charge is 0.385 e. The fraction of sp³-hybridized carbons (Fsp3) is 0.400. The van der Waals surface area contributed by atoms with E-state index in [2.05, 4.69) is 0 Å². The van der Waals surface area contributed by atoms with Crippen LogP contribution in [0.5, 0.6) is 0 Å². The molecule has 1 aromatic rings. The Kier molecular flexibility index (Phi) is 2.08. The van der Waals surface area contributed by atoms with Crippen molar-refractivity contribution in [3.05, 3.63) is 29.6 Å². The molecule has 1 aliphatic carbocycles. The normalized spacial score (nSPS) is 18.7. The van der Waals surface area contributed by atoms with Crippen LogP contribution < -0.4 is 0 Å². The van der Waals surface area contributed by atoms with E-state index in [4.69, 9.17) is 0 Å². The molecule has 13 heavy (non-hydrogen) atoms. The molecule has 0 spiro atoms. The molecule has 1 aromatic carbocycles. The number of halogens is 1. The van der Waals surface area contributed by atoms with Gasteiger partial charge >= 0.3 is 0 Å². The Morgan fingerprint density at radius 1 is 1.46 bits per heavy atom. The molecule has 1 nitrogen and oxygen atoms in total. The van der Waals surface area contributed by atoms with E-state index in [1.54, 1.807) is 6.07 Å². The average molecular weight is 198 g/mol. The van der Waals surface area contributed by atoms with Crippen molar-refractivity contribution < 1.29 is 9.50 Å². The summed E-state index contributed by atoms with van der Waals surface area (Å²) >= 11 is 1.50. The van der Waals surface area contributed by atoms with Crippen LogP contribution in [0.1, 0.15) is 18.4 Å². The third-order valence-electron chi connectivity index (χ3n) is 2.40. The molecular weight excluding hydrogens is 187 g/mol. The highest BCUT2D eigenvalue weighted by Crippen LogP contribution is 2.46. The summed E-state index contributed by atoms with van der Waals surface area (Å²) in [5.41, 5.74) is -0.411. The first-order valence-electron chi connectivity index (χ1n) is 4.22. The summed E-state index contributed by atoms with van der Waals surface area (Å²) in [6.07, 6.45) is 3.27. The maximum Gasteiger partial charge on any atom is 0.130 e. The summed E-state index contributed by atoms with van der Waals surface area (Å²) in [4.78, 5) is 0.894. The molecule has 1 aliphatic rings. The van der Waals surface area contributed by atoms with Gasteiger partial charge in [-0.3, -0.25) is 0 Å². The highest BCUT2D eigenvalue weighted by molar-refractivity contribution is 7.98. The maximum absolute atomic E-state index is 13.4. The van der Waals surface area contributed by atoms with Gasteiger partial charge in [0.1, 0.15) is 5.82 Å². The first-order valence-corrected chi connectivity index (χ1v) is 5.44. The van der Waals surface area contributed by atoms with Crippen molar-refractivity contribution in [3.63, 3.8) is 0 Å². The summed E-state index contributed by atoms with van der Waals surface area (Å²) in [7, 11) is 0. The Hall–Kier alpha value is -0.540. The van der Waals surface area contributed by atoms with E-state index in [1.807, 2.05) is 12.3 Å². The zero-order chi connectivity index (χ0) is 9.47. The molecule has 3 heteroatoms. The number of thioether (sulfide) groups is 1. The lowest BCUT2D eigenvalue weighted by molar-refractivity contribution is 0.146. The van der Waals surface area contributed by atoms with E-state index in [-0.39, 0.29) is 5.82 Å². The quantitative estimate of drug-likeness (QED) is 0.737. The number of benzene rings is 1. The molecule has 1 saturated carbocycles. The van der Waals surface area contributed by atoms with Gasteiger partial charge in [-0.25, -0.2) is 4.39 Å².